The summed E-state index contributed by atoms with van der Waals surface area (Å²) in [6.07, 6.45) is 67.0. The molecule has 0 aliphatic carbocycles. The molecule has 0 amide bonds. The van der Waals surface area contributed by atoms with Gasteiger partial charge in [0.25, 0.3) is 0 Å². The molecular weight excluding hydrogens is 1020 g/mol. The summed E-state index contributed by atoms with van der Waals surface area (Å²) in [6, 6.07) is 17.9. The molecule has 2 aromatic rings. The summed E-state index contributed by atoms with van der Waals surface area (Å²) < 4.78 is 0. The standard InChI is InChI=1S/C38H52N2.2C18H37.Pd/c1-5-8-11-13-14-15-16-17-19-25-37(32(4)31-40-39)38(35-28-26-33(27-29-35)21-10-7-3)36-24-20-23-34(30-36)22-18-12-9-6-2;2*1-3-5-7-9-11-13-15-17-18-16-14-12-10-8-6-4-2;/h20,23-24,26-30H,5-18,21-22H2,1-4H3;2*1,3-18H2,2H3;. The van der Waals surface area contributed by atoms with Crippen molar-refractivity contribution in [2.45, 2.75) is 360 Å². The number of aryl methyl sites for hydroxylation is 2. The minimum Gasteiger partial charge on any atom is -0.0654 e. The van der Waals surface area contributed by atoms with E-state index in [-0.39, 0.29) is 0 Å². The summed E-state index contributed by atoms with van der Waals surface area (Å²) in [6.45, 7) is 13.3. The summed E-state index contributed by atoms with van der Waals surface area (Å²) in [5, 5.41) is 0. The predicted molar refractivity (Wildman–Crippen MR) is 342 cm³/mol. The molecule has 0 aromatic heterocycles. The maximum atomic E-state index is 9.36. The van der Waals surface area contributed by atoms with Crippen LogP contribution in [0.3, 0.4) is 0 Å². The topological polar surface area (TPSA) is 36.4 Å². The van der Waals surface area contributed by atoms with Crippen molar-refractivity contribution in [3.8, 4) is 11.8 Å². The van der Waals surface area contributed by atoms with Crippen molar-refractivity contribution in [1.29, 1.82) is 0 Å². The molecule has 0 heterocycles. The average Bonchev–Trinajstić information content (AvgIpc) is 3.45. The first-order chi connectivity index (χ1) is 38.1. The third-order valence-electron chi connectivity index (χ3n) is 15.7. The number of unbranched alkanes of at least 4 members (excludes halogenated alkanes) is 41. The van der Waals surface area contributed by atoms with E-state index in [0.717, 1.165) is 71.5 Å². The van der Waals surface area contributed by atoms with Gasteiger partial charge in [-0.2, -0.15) is 0 Å². The number of rotatable bonds is 52. The Labute approximate surface area is 490 Å². The van der Waals surface area contributed by atoms with Crippen LogP contribution in [0.5, 0.6) is 0 Å². The molecule has 2 nitrogen and oxygen atoms in total. The van der Waals surface area contributed by atoms with Gasteiger partial charge in [-0.15, -0.1) is 4.79 Å². The Bertz CT molecular complexity index is 1730. The number of nitrogens with zero attached hydrogens (tertiary/aromatic N) is 2. The van der Waals surface area contributed by atoms with Crippen LogP contribution >= 0.6 is 0 Å². The molecule has 0 bridgehead atoms. The Morgan fingerprint density at radius 3 is 1.16 bits per heavy atom. The van der Waals surface area contributed by atoms with Gasteiger partial charge >= 0.3 is 175 Å². The van der Waals surface area contributed by atoms with Crippen LogP contribution in [0, 0.1) is 11.8 Å². The third-order valence-corrected chi connectivity index (χ3v) is 17.9. The average molecular weight is 1150 g/mol. The van der Waals surface area contributed by atoms with Gasteiger partial charge in [0.05, 0.1) is 11.1 Å². The second-order valence-corrected chi connectivity index (χ2v) is 25.5. The van der Waals surface area contributed by atoms with E-state index in [1.165, 1.54) is 294 Å². The van der Waals surface area contributed by atoms with E-state index in [1.54, 1.807) is 9.79 Å². The third kappa shape index (κ3) is 44.9. The SMILES string of the molecule is CCCCCCCCCC#CC(C(C)=C=[N+]=[N-])=C(c1ccc(CCCC)cc1)c1cccc(CCCCCC)c1.CCCCCCCCCCCCCCCCC[CH2][Pd][CH2]CCCCCCCCCCCCCCCCC. The predicted octanol–water partition coefficient (Wildman–Crippen LogP) is 25.4. The monoisotopic (exact) mass is 1150 g/mol. The van der Waals surface area contributed by atoms with E-state index in [1.807, 2.05) is 6.92 Å². The molecular formula is C74H126N2Pd. The zero-order valence-electron chi connectivity index (χ0n) is 52.2. The molecule has 0 saturated heterocycles. The van der Waals surface area contributed by atoms with Gasteiger partial charge in [-0.1, -0.05) is 223 Å². The van der Waals surface area contributed by atoms with Crippen molar-refractivity contribution in [3.63, 3.8) is 0 Å². The molecule has 0 radical (unpaired) electrons. The quantitative estimate of drug-likeness (QED) is 0.0120. The van der Waals surface area contributed by atoms with Crippen molar-refractivity contribution in [1.82, 2.24) is 0 Å². The molecule has 0 unspecified atom stereocenters. The number of hydrogen-bond acceptors (Lipinski definition) is 0. The summed E-state index contributed by atoms with van der Waals surface area (Å²) in [5.41, 5.74) is 17.1. The van der Waals surface area contributed by atoms with Gasteiger partial charge in [0.15, 0.2) is 0 Å². The van der Waals surface area contributed by atoms with Crippen molar-refractivity contribution in [2.24, 2.45) is 0 Å². The van der Waals surface area contributed by atoms with E-state index < -0.39 is 0 Å². The zero-order valence-corrected chi connectivity index (χ0v) is 53.7. The van der Waals surface area contributed by atoms with E-state index in [9.17, 15) is 5.53 Å². The van der Waals surface area contributed by atoms with Crippen molar-refractivity contribution in [3.05, 3.63) is 87.5 Å². The first-order valence-electron chi connectivity index (χ1n) is 33.9. The van der Waals surface area contributed by atoms with Crippen LogP contribution in [0.25, 0.3) is 11.1 Å². The minimum absolute atomic E-state index is 0.757. The van der Waals surface area contributed by atoms with Crippen LogP contribution < -0.4 is 0 Å². The fraction of sp³-hybridized carbons (Fsp3) is 0.757. The minimum atomic E-state index is 0.757. The van der Waals surface area contributed by atoms with Gasteiger partial charge in [-0.25, -0.2) is 0 Å². The van der Waals surface area contributed by atoms with Crippen LogP contribution in [0.1, 0.15) is 359 Å². The molecule has 0 N–H and O–H groups in total. The van der Waals surface area contributed by atoms with Crippen molar-refractivity contribution < 1.29 is 22.8 Å². The Hall–Kier alpha value is -2.44. The Balaban J connectivity index is 0.000000773. The van der Waals surface area contributed by atoms with Gasteiger partial charge in [0.2, 0.25) is 0 Å². The summed E-state index contributed by atoms with van der Waals surface area (Å²) in [7, 11) is 0. The van der Waals surface area contributed by atoms with E-state index in [0.29, 0.717) is 0 Å². The van der Waals surface area contributed by atoms with Gasteiger partial charge in [-0.05, 0) is 61.3 Å². The van der Waals surface area contributed by atoms with Gasteiger partial charge in [0, 0.05) is 12.0 Å². The van der Waals surface area contributed by atoms with E-state index in [2.05, 4.69) is 106 Å². The number of benzene rings is 2. The molecule has 0 atom stereocenters. The van der Waals surface area contributed by atoms with Crippen molar-refractivity contribution in [2.75, 3.05) is 0 Å². The van der Waals surface area contributed by atoms with E-state index >= 15 is 0 Å². The summed E-state index contributed by atoms with van der Waals surface area (Å²) in [4.78, 5) is 6.35. The van der Waals surface area contributed by atoms with Crippen LogP contribution in [-0.2, 0) is 30.8 Å². The number of allylic oxidation sites excluding steroid dienone is 2. The first kappa shape index (κ1) is 72.6. The van der Waals surface area contributed by atoms with E-state index in [4.69, 9.17) is 0 Å². The van der Waals surface area contributed by atoms with Crippen LogP contribution in [0.2, 0.25) is 9.79 Å². The van der Waals surface area contributed by atoms with Crippen LogP contribution in [-0.4, -0.2) is 10.7 Å². The molecule has 77 heavy (non-hydrogen) atoms. The summed E-state index contributed by atoms with van der Waals surface area (Å²) in [5.74, 6) is 9.74. The molecule has 0 fully saturated rings. The molecule has 0 spiro atoms. The molecule has 2 rings (SSSR count). The Kier molecular flexibility index (Phi) is 54.9. The second-order valence-electron chi connectivity index (χ2n) is 23.2. The molecule has 0 aliphatic heterocycles. The molecule has 0 aliphatic rings. The fourth-order valence-electron chi connectivity index (χ4n) is 10.6. The van der Waals surface area contributed by atoms with Crippen molar-refractivity contribution >= 4 is 11.4 Å². The van der Waals surface area contributed by atoms with Crippen LogP contribution in [0.15, 0.2) is 59.7 Å². The molecule has 0 saturated carbocycles. The van der Waals surface area contributed by atoms with Gasteiger partial charge in [-0.3, -0.25) is 0 Å². The maximum absolute atomic E-state index is 9.36. The molecule has 442 valence electrons. The smallest absolute Gasteiger partial charge is 0.0654 e. The Morgan fingerprint density at radius 1 is 0.390 bits per heavy atom. The molecule has 3 heteroatoms. The van der Waals surface area contributed by atoms with Gasteiger partial charge in [0.1, 0.15) is 0 Å². The second kappa shape index (κ2) is 58.2. The first-order valence-corrected chi connectivity index (χ1v) is 36.1. The van der Waals surface area contributed by atoms with Gasteiger partial charge < -0.3 is 5.53 Å². The normalized spacial score (nSPS) is 11.4. The number of hydrogen-bond donors (Lipinski definition) is 0. The fourth-order valence-corrected chi connectivity index (χ4v) is 12.5. The summed E-state index contributed by atoms with van der Waals surface area (Å²) >= 11 is 1.06. The zero-order chi connectivity index (χ0) is 55.6. The van der Waals surface area contributed by atoms with Crippen LogP contribution in [0.4, 0.5) is 0 Å². The molecule has 2 aromatic carbocycles. The Morgan fingerprint density at radius 2 is 0.753 bits per heavy atom.